The Labute approximate surface area is 174 Å². The first-order valence-electron chi connectivity index (χ1n) is 9.69. The number of hydrogen-bond donors (Lipinski definition) is 0. The zero-order valence-electron chi connectivity index (χ0n) is 16.2. The second-order valence-corrected chi connectivity index (χ2v) is 8.80. The van der Waals surface area contributed by atoms with Crippen molar-refractivity contribution in [3.8, 4) is 0 Å². The van der Waals surface area contributed by atoms with Crippen LogP contribution < -0.4 is 4.90 Å². The molecule has 5 nitrogen and oxygen atoms in total. The first-order chi connectivity index (χ1) is 14.1. The van der Waals surface area contributed by atoms with E-state index in [4.69, 9.17) is 4.99 Å². The van der Waals surface area contributed by atoms with Crippen LogP contribution in [0.2, 0.25) is 0 Å². The number of hydrogen-bond acceptors (Lipinski definition) is 5. The van der Waals surface area contributed by atoms with Crippen LogP contribution in [0.15, 0.2) is 76.6 Å². The van der Waals surface area contributed by atoms with Crippen LogP contribution in [0.4, 0.5) is 5.69 Å². The molecular formula is C23H21N3O2S. The summed E-state index contributed by atoms with van der Waals surface area (Å²) in [7, 11) is 3.90. The maximum absolute atomic E-state index is 13.5. The van der Waals surface area contributed by atoms with Gasteiger partial charge in [0.2, 0.25) is 11.8 Å². The SMILES string of the molecule is CN(C)C1=N[C@@H]2C(=C[C@H](c3ccccc3)[C@@H]3C(=O)N(c4ccccc4)C(=O)[C@@H]32)S1. The quantitative estimate of drug-likeness (QED) is 0.720. The Balaban J connectivity index is 1.64. The number of aliphatic imine (C=N–C) groups is 1. The van der Waals surface area contributed by atoms with Crippen molar-refractivity contribution in [1.82, 2.24) is 4.90 Å². The molecule has 1 aliphatic carbocycles. The summed E-state index contributed by atoms with van der Waals surface area (Å²) >= 11 is 1.61. The van der Waals surface area contributed by atoms with Gasteiger partial charge in [-0.05, 0) is 17.7 Å². The first-order valence-corrected chi connectivity index (χ1v) is 10.5. The number of fused-ring (bicyclic) bond motifs is 3. The van der Waals surface area contributed by atoms with Gasteiger partial charge in [0.1, 0.15) is 0 Å². The van der Waals surface area contributed by atoms with Crippen LogP contribution >= 0.6 is 11.8 Å². The lowest BCUT2D eigenvalue weighted by Gasteiger charge is -2.31. The Morgan fingerprint density at radius 2 is 1.52 bits per heavy atom. The molecule has 3 aliphatic rings. The number of nitrogens with zero attached hydrogens (tertiary/aromatic N) is 3. The minimum Gasteiger partial charge on any atom is -0.357 e. The zero-order chi connectivity index (χ0) is 20.1. The van der Waals surface area contributed by atoms with Gasteiger partial charge >= 0.3 is 0 Å². The van der Waals surface area contributed by atoms with E-state index in [-0.39, 0.29) is 23.8 Å². The molecule has 5 rings (SSSR count). The molecule has 29 heavy (non-hydrogen) atoms. The van der Waals surface area contributed by atoms with Gasteiger partial charge in [0.25, 0.3) is 0 Å². The Morgan fingerprint density at radius 3 is 2.17 bits per heavy atom. The molecule has 1 fully saturated rings. The second kappa shape index (κ2) is 6.88. The van der Waals surface area contributed by atoms with E-state index < -0.39 is 11.8 Å². The number of benzene rings is 2. The number of imide groups is 1. The lowest BCUT2D eigenvalue weighted by atomic mass is 9.72. The number of para-hydroxylation sites is 1. The van der Waals surface area contributed by atoms with E-state index in [9.17, 15) is 9.59 Å². The standard InChI is InChI=1S/C23H21N3O2S/c1-25(2)23-24-20-17(29-23)13-16(14-9-5-3-6-10-14)18-19(20)22(28)26(21(18)27)15-11-7-4-8-12-15/h3-13,16,18-20H,1-2H3/t16-,18+,19+,20-/m1/s1. The smallest absolute Gasteiger partial charge is 0.240 e. The highest BCUT2D eigenvalue weighted by molar-refractivity contribution is 8.17. The third-order valence-corrected chi connectivity index (χ3v) is 7.07. The lowest BCUT2D eigenvalue weighted by molar-refractivity contribution is -0.122. The maximum Gasteiger partial charge on any atom is 0.240 e. The fourth-order valence-electron chi connectivity index (χ4n) is 4.48. The molecule has 2 aromatic carbocycles. The fourth-order valence-corrected chi connectivity index (χ4v) is 5.58. The number of rotatable bonds is 2. The van der Waals surface area contributed by atoms with Crippen LogP contribution in [0.5, 0.6) is 0 Å². The zero-order valence-corrected chi connectivity index (χ0v) is 17.0. The predicted octanol–water partition coefficient (Wildman–Crippen LogP) is 3.51. The monoisotopic (exact) mass is 403 g/mol. The molecule has 2 aromatic rings. The number of amides is 2. The number of anilines is 1. The molecule has 0 bridgehead atoms. The molecule has 6 heteroatoms. The van der Waals surface area contributed by atoms with Gasteiger partial charge in [0.15, 0.2) is 5.17 Å². The molecule has 2 aliphatic heterocycles. The molecule has 146 valence electrons. The molecule has 2 heterocycles. The minimum absolute atomic E-state index is 0.131. The van der Waals surface area contributed by atoms with Crippen LogP contribution in [0.3, 0.4) is 0 Å². The van der Waals surface area contributed by atoms with E-state index in [0.717, 1.165) is 15.6 Å². The van der Waals surface area contributed by atoms with Gasteiger partial charge in [0, 0.05) is 24.9 Å². The molecule has 0 unspecified atom stereocenters. The molecule has 4 atom stereocenters. The molecule has 2 amide bonds. The highest BCUT2D eigenvalue weighted by Crippen LogP contribution is 2.52. The molecule has 0 saturated carbocycles. The van der Waals surface area contributed by atoms with Crippen LogP contribution in [0.25, 0.3) is 0 Å². The molecule has 0 spiro atoms. The topological polar surface area (TPSA) is 53.0 Å². The van der Waals surface area contributed by atoms with Crippen LogP contribution in [0.1, 0.15) is 11.5 Å². The summed E-state index contributed by atoms with van der Waals surface area (Å²) in [5, 5.41) is 0.882. The van der Waals surface area contributed by atoms with Gasteiger partial charge in [-0.15, -0.1) is 0 Å². The van der Waals surface area contributed by atoms with Crippen molar-refractivity contribution < 1.29 is 9.59 Å². The molecule has 0 radical (unpaired) electrons. The number of allylic oxidation sites excluding steroid dienone is 1. The Morgan fingerprint density at radius 1 is 0.897 bits per heavy atom. The maximum atomic E-state index is 13.5. The van der Waals surface area contributed by atoms with Crippen molar-refractivity contribution in [3.63, 3.8) is 0 Å². The van der Waals surface area contributed by atoms with Crippen molar-refractivity contribution >= 4 is 34.4 Å². The summed E-state index contributed by atoms with van der Waals surface area (Å²) in [6.45, 7) is 0. The van der Waals surface area contributed by atoms with Crippen molar-refractivity contribution in [3.05, 3.63) is 77.2 Å². The van der Waals surface area contributed by atoms with E-state index in [1.807, 2.05) is 79.7 Å². The lowest BCUT2D eigenvalue weighted by Crippen LogP contribution is -2.36. The van der Waals surface area contributed by atoms with E-state index in [1.165, 1.54) is 4.90 Å². The molecule has 1 saturated heterocycles. The Kier molecular flexibility index (Phi) is 4.32. The fraction of sp³-hybridized carbons (Fsp3) is 0.261. The number of amidine groups is 1. The largest absolute Gasteiger partial charge is 0.357 e. The van der Waals surface area contributed by atoms with E-state index in [1.54, 1.807) is 11.8 Å². The van der Waals surface area contributed by atoms with Crippen molar-refractivity contribution in [2.45, 2.75) is 12.0 Å². The highest BCUT2D eigenvalue weighted by Gasteiger charge is 2.58. The van der Waals surface area contributed by atoms with Crippen LogP contribution in [-0.4, -0.2) is 42.0 Å². The average Bonchev–Trinajstić information content (AvgIpc) is 3.28. The van der Waals surface area contributed by atoms with Gasteiger partial charge < -0.3 is 4.90 Å². The third-order valence-electron chi connectivity index (χ3n) is 5.80. The third kappa shape index (κ3) is 2.82. The molecule has 0 aromatic heterocycles. The van der Waals surface area contributed by atoms with Gasteiger partial charge in [-0.1, -0.05) is 66.4 Å². The normalized spacial score (nSPS) is 28.0. The average molecular weight is 404 g/mol. The van der Waals surface area contributed by atoms with Crippen LogP contribution in [0, 0.1) is 11.8 Å². The van der Waals surface area contributed by atoms with Crippen molar-refractivity contribution in [1.29, 1.82) is 0 Å². The van der Waals surface area contributed by atoms with Gasteiger partial charge in [0.05, 0.1) is 23.6 Å². The second-order valence-electron chi connectivity index (χ2n) is 7.76. The van der Waals surface area contributed by atoms with Gasteiger partial charge in [-0.25, -0.2) is 4.90 Å². The van der Waals surface area contributed by atoms with E-state index in [0.29, 0.717) is 5.69 Å². The van der Waals surface area contributed by atoms with E-state index in [2.05, 4.69) is 6.08 Å². The molecular weight excluding hydrogens is 382 g/mol. The number of thioether (sulfide) groups is 1. The summed E-state index contributed by atoms with van der Waals surface area (Å²) < 4.78 is 0. The predicted molar refractivity (Wildman–Crippen MR) is 116 cm³/mol. The minimum atomic E-state index is -0.474. The summed E-state index contributed by atoms with van der Waals surface area (Å²) in [5.41, 5.74) is 1.69. The number of carbonyl (C=O) groups is 2. The van der Waals surface area contributed by atoms with E-state index >= 15 is 0 Å². The van der Waals surface area contributed by atoms with Crippen LogP contribution in [-0.2, 0) is 9.59 Å². The molecule has 0 N–H and O–H groups in total. The highest BCUT2D eigenvalue weighted by atomic mass is 32.2. The Bertz CT molecular complexity index is 1030. The van der Waals surface area contributed by atoms with Crippen molar-refractivity contribution in [2.75, 3.05) is 19.0 Å². The van der Waals surface area contributed by atoms with Gasteiger partial charge in [-0.3, -0.25) is 14.6 Å². The number of carbonyl (C=O) groups excluding carboxylic acids is 2. The van der Waals surface area contributed by atoms with Crippen molar-refractivity contribution in [2.24, 2.45) is 16.8 Å². The summed E-state index contributed by atoms with van der Waals surface area (Å²) in [4.78, 5) is 36.3. The van der Waals surface area contributed by atoms with Gasteiger partial charge in [-0.2, -0.15) is 0 Å². The summed E-state index contributed by atoms with van der Waals surface area (Å²) in [6, 6.07) is 18.9. The Hall–Kier alpha value is -2.86. The first kappa shape index (κ1) is 18.2. The summed E-state index contributed by atoms with van der Waals surface area (Å²) in [6.07, 6.45) is 2.16. The summed E-state index contributed by atoms with van der Waals surface area (Å²) in [5.74, 6) is -1.33.